The average Bonchev–Trinajstić information content (AvgIpc) is 2.09. The molecule has 0 aromatic carbocycles. The van der Waals surface area contributed by atoms with E-state index < -0.39 is 0 Å². The third-order valence-corrected chi connectivity index (χ3v) is 2.90. The summed E-state index contributed by atoms with van der Waals surface area (Å²) in [5, 5.41) is 3.55. The molecule has 1 N–H and O–H groups in total. The van der Waals surface area contributed by atoms with Crippen LogP contribution in [0.2, 0.25) is 0 Å². The molecule has 1 aliphatic rings. The van der Waals surface area contributed by atoms with Crippen molar-refractivity contribution in [1.82, 2.24) is 10.2 Å². The smallest absolute Gasteiger partial charge is 0.0117 e. The molecule has 2 atom stereocenters. The first kappa shape index (κ1) is 10.0. The highest BCUT2D eigenvalue weighted by Crippen LogP contribution is 2.15. The summed E-state index contributed by atoms with van der Waals surface area (Å²) < 4.78 is 0. The Hall–Kier alpha value is -0.0800. The predicted molar refractivity (Wildman–Crippen MR) is 53.4 cm³/mol. The Morgan fingerprint density at radius 2 is 2.17 bits per heavy atom. The monoisotopic (exact) mass is 170 g/mol. The van der Waals surface area contributed by atoms with Crippen LogP contribution in [-0.2, 0) is 0 Å². The summed E-state index contributed by atoms with van der Waals surface area (Å²) in [5.74, 6) is 0.818. The Bertz CT molecular complexity index is 125. The van der Waals surface area contributed by atoms with Gasteiger partial charge in [-0.3, -0.25) is 0 Å². The van der Waals surface area contributed by atoms with Gasteiger partial charge in [0.15, 0.2) is 0 Å². The molecule has 12 heavy (non-hydrogen) atoms. The third-order valence-electron chi connectivity index (χ3n) is 2.90. The van der Waals surface area contributed by atoms with E-state index in [2.05, 4.69) is 31.0 Å². The molecule has 1 aliphatic heterocycles. The van der Waals surface area contributed by atoms with Crippen LogP contribution in [0.5, 0.6) is 0 Å². The minimum absolute atomic E-state index is 0.762. The molecule has 0 bridgehead atoms. The van der Waals surface area contributed by atoms with Crippen molar-refractivity contribution in [3.8, 4) is 0 Å². The van der Waals surface area contributed by atoms with Crippen LogP contribution in [0.4, 0.5) is 0 Å². The van der Waals surface area contributed by atoms with Crippen molar-refractivity contribution in [2.75, 3.05) is 26.2 Å². The van der Waals surface area contributed by atoms with E-state index in [1.165, 1.54) is 26.1 Å². The number of rotatable bonds is 3. The van der Waals surface area contributed by atoms with Crippen LogP contribution in [0.25, 0.3) is 0 Å². The van der Waals surface area contributed by atoms with Crippen LogP contribution in [0.1, 0.15) is 27.2 Å². The van der Waals surface area contributed by atoms with Gasteiger partial charge in [0.1, 0.15) is 0 Å². The molecule has 2 unspecified atom stereocenters. The van der Waals surface area contributed by atoms with E-state index in [0.29, 0.717) is 0 Å². The minimum Gasteiger partial charge on any atom is -0.314 e. The Labute approximate surface area is 76.3 Å². The first-order valence-electron chi connectivity index (χ1n) is 5.23. The van der Waals surface area contributed by atoms with Crippen molar-refractivity contribution >= 4 is 0 Å². The molecule has 0 radical (unpaired) electrons. The molecule has 1 heterocycles. The Morgan fingerprint density at radius 1 is 1.42 bits per heavy atom. The van der Waals surface area contributed by atoms with Crippen molar-refractivity contribution in [3.05, 3.63) is 0 Å². The number of piperidine rings is 1. The van der Waals surface area contributed by atoms with E-state index in [0.717, 1.165) is 18.5 Å². The molecular weight excluding hydrogens is 148 g/mol. The average molecular weight is 170 g/mol. The maximum atomic E-state index is 3.55. The minimum atomic E-state index is 0.762. The van der Waals surface area contributed by atoms with E-state index >= 15 is 0 Å². The zero-order chi connectivity index (χ0) is 8.97. The lowest BCUT2D eigenvalue weighted by molar-refractivity contribution is 0.155. The third kappa shape index (κ3) is 2.46. The Balaban J connectivity index is 2.31. The lowest BCUT2D eigenvalue weighted by atomic mass is 9.94. The zero-order valence-electron chi connectivity index (χ0n) is 8.64. The highest BCUT2D eigenvalue weighted by molar-refractivity contribution is 4.81. The number of nitrogens with zero attached hydrogens (tertiary/aromatic N) is 1. The van der Waals surface area contributed by atoms with E-state index in [1.54, 1.807) is 0 Å². The zero-order valence-corrected chi connectivity index (χ0v) is 8.64. The molecule has 2 nitrogen and oxygen atoms in total. The van der Waals surface area contributed by atoms with Crippen molar-refractivity contribution in [1.29, 1.82) is 0 Å². The fraction of sp³-hybridized carbons (Fsp3) is 1.00. The molecule has 1 fully saturated rings. The van der Waals surface area contributed by atoms with Crippen molar-refractivity contribution in [2.45, 2.75) is 33.2 Å². The maximum Gasteiger partial charge on any atom is 0.0117 e. The molecule has 0 aromatic rings. The van der Waals surface area contributed by atoms with Crippen LogP contribution in [-0.4, -0.2) is 37.1 Å². The summed E-state index contributed by atoms with van der Waals surface area (Å²) in [6.07, 6.45) is 1.32. The number of nitrogens with one attached hydrogen (secondary N) is 1. The molecule has 1 saturated heterocycles. The molecule has 0 aliphatic carbocycles. The van der Waals surface area contributed by atoms with Gasteiger partial charge >= 0.3 is 0 Å². The molecule has 0 amide bonds. The van der Waals surface area contributed by atoms with Gasteiger partial charge in [-0.05, 0) is 32.0 Å². The summed E-state index contributed by atoms with van der Waals surface area (Å²) in [5.41, 5.74) is 0. The van der Waals surface area contributed by atoms with Gasteiger partial charge in [0.25, 0.3) is 0 Å². The van der Waals surface area contributed by atoms with Gasteiger partial charge in [0, 0.05) is 12.6 Å². The van der Waals surface area contributed by atoms with Crippen LogP contribution < -0.4 is 5.32 Å². The molecule has 1 rings (SSSR count). The van der Waals surface area contributed by atoms with Gasteiger partial charge in [-0.25, -0.2) is 0 Å². The van der Waals surface area contributed by atoms with Crippen molar-refractivity contribution in [3.63, 3.8) is 0 Å². The predicted octanol–water partition coefficient (Wildman–Crippen LogP) is 1.33. The van der Waals surface area contributed by atoms with E-state index in [1.807, 2.05) is 0 Å². The summed E-state index contributed by atoms with van der Waals surface area (Å²) >= 11 is 0. The summed E-state index contributed by atoms with van der Waals surface area (Å²) in [6.45, 7) is 11.7. The summed E-state index contributed by atoms with van der Waals surface area (Å²) in [7, 11) is 0. The Morgan fingerprint density at radius 3 is 2.67 bits per heavy atom. The number of likely N-dealkylation sites (tertiary alicyclic amines) is 1. The van der Waals surface area contributed by atoms with E-state index in [4.69, 9.17) is 0 Å². The molecule has 0 spiro atoms. The van der Waals surface area contributed by atoms with Crippen LogP contribution in [0, 0.1) is 5.92 Å². The Kier molecular flexibility index (Phi) is 4.02. The first-order chi connectivity index (χ1) is 5.77. The fourth-order valence-electron chi connectivity index (χ4n) is 2.08. The normalized spacial score (nSPS) is 32.2. The summed E-state index contributed by atoms with van der Waals surface area (Å²) in [4.78, 5) is 2.54. The van der Waals surface area contributed by atoms with E-state index in [9.17, 15) is 0 Å². The topological polar surface area (TPSA) is 15.3 Å². The largest absolute Gasteiger partial charge is 0.314 e. The SMILES string of the molecule is CCNC1CCN(CC)CC1C. The van der Waals surface area contributed by atoms with Gasteiger partial charge in [-0.1, -0.05) is 20.8 Å². The molecule has 72 valence electrons. The molecule has 0 aromatic heterocycles. The highest BCUT2D eigenvalue weighted by atomic mass is 15.1. The second-order valence-electron chi connectivity index (χ2n) is 3.82. The van der Waals surface area contributed by atoms with Gasteiger partial charge in [-0.15, -0.1) is 0 Å². The van der Waals surface area contributed by atoms with Gasteiger partial charge in [0.2, 0.25) is 0 Å². The standard InChI is InChI=1S/C10H22N2/c1-4-11-10-6-7-12(5-2)8-9(10)3/h9-11H,4-8H2,1-3H3. The lowest BCUT2D eigenvalue weighted by Crippen LogP contribution is -2.48. The highest BCUT2D eigenvalue weighted by Gasteiger charge is 2.23. The van der Waals surface area contributed by atoms with Crippen molar-refractivity contribution in [2.24, 2.45) is 5.92 Å². The number of hydrogen-bond donors (Lipinski definition) is 1. The van der Waals surface area contributed by atoms with Crippen LogP contribution in [0.15, 0.2) is 0 Å². The first-order valence-corrected chi connectivity index (χ1v) is 5.23. The lowest BCUT2D eigenvalue weighted by Gasteiger charge is -2.36. The quantitative estimate of drug-likeness (QED) is 0.687. The van der Waals surface area contributed by atoms with Crippen LogP contribution >= 0.6 is 0 Å². The van der Waals surface area contributed by atoms with Gasteiger partial charge in [0.05, 0.1) is 0 Å². The number of hydrogen-bond acceptors (Lipinski definition) is 2. The fourth-order valence-corrected chi connectivity index (χ4v) is 2.08. The second kappa shape index (κ2) is 4.83. The van der Waals surface area contributed by atoms with Gasteiger partial charge in [-0.2, -0.15) is 0 Å². The molecule has 0 saturated carbocycles. The molecular formula is C10H22N2. The molecule has 2 heteroatoms. The van der Waals surface area contributed by atoms with E-state index in [-0.39, 0.29) is 0 Å². The van der Waals surface area contributed by atoms with Crippen LogP contribution in [0.3, 0.4) is 0 Å². The maximum absolute atomic E-state index is 3.55. The second-order valence-corrected chi connectivity index (χ2v) is 3.82. The van der Waals surface area contributed by atoms with Crippen molar-refractivity contribution < 1.29 is 0 Å². The van der Waals surface area contributed by atoms with Gasteiger partial charge < -0.3 is 10.2 Å². The summed E-state index contributed by atoms with van der Waals surface area (Å²) in [6, 6.07) is 0.762.